The van der Waals surface area contributed by atoms with E-state index in [2.05, 4.69) is 0 Å². The summed E-state index contributed by atoms with van der Waals surface area (Å²) in [5, 5.41) is 0. The molecule has 1 aromatic rings. The third-order valence-electron chi connectivity index (χ3n) is 2.26. The van der Waals surface area contributed by atoms with Crippen molar-refractivity contribution in [1.29, 1.82) is 0 Å². The molecule has 70 valence electrons. The molecule has 0 aromatic heterocycles. The van der Waals surface area contributed by atoms with Gasteiger partial charge in [0.25, 0.3) is 0 Å². The van der Waals surface area contributed by atoms with Crippen LogP contribution in [0, 0.1) is 5.92 Å². The Labute approximate surface area is 78.8 Å². The van der Waals surface area contributed by atoms with Gasteiger partial charge in [-0.15, -0.1) is 0 Å². The highest BCUT2D eigenvalue weighted by atomic mass is 16.1. The van der Waals surface area contributed by atoms with Gasteiger partial charge in [0.05, 0.1) is 0 Å². The monoisotopic (exact) mass is 177 g/mol. The molecule has 2 nitrogen and oxygen atoms in total. The van der Waals surface area contributed by atoms with Crippen molar-refractivity contribution in [2.45, 2.75) is 19.9 Å². The first kappa shape index (κ1) is 9.93. The van der Waals surface area contributed by atoms with Crippen LogP contribution in [-0.4, -0.2) is 11.8 Å². The summed E-state index contributed by atoms with van der Waals surface area (Å²) < 4.78 is 0. The Morgan fingerprint density at radius 1 is 1.23 bits per heavy atom. The Hall–Kier alpha value is -1.15. The molecular formula is C11H15NO. The summed E-state index contributed by atoms with van der Waals surface area (Å²) in [6.45, 7) is 3.71. The van der Waals surface area contributed by atoms with E-state index >= 15 is 0 Å². The second kappa shape index (κ2) is 4.19. The summed E-state index contributed by atoms with van der Waals surface area (Å²) in [5.74, 6) is 0.0120. The van der Waals surface area contributed by atoms with Gasteiger partial charge in [-0.05, 0) is 6.92 Å². The maximum absolute atomic E-state index is 11.7. The number of carbonyl (C=O) groups is 1. The Morgan fingerprint density at radius 3 is 2.23 bits per heavy atom. The van der Waals surface area contributed by atoms with Gasteiger partial charge in [0.2, 0.25) is 0 Å². The van der Waals surface area contributed by atoms with E-state index in [0.717, 1.165) is 5.56 Å². The zero-order valence-corrected chi connectivity index (χ0v) is 8.03. The lowest BCUT2D eigenvalue weighted by molar-refractivity contribution is 0.0917. The number of benzene rings is 1. The van der Waals surface area contributed by atoms with Gasteiger partial charge in [-0.1, -0.05) is 37.3 Å². The molecule has 0 spiro atoms. The smallest absolute Gasteiger partial charge is 0.167 e. The normalized spacial score (nSPS) is 15.0. The van der Waals surface area contributed by atoms with Crippen LogP contribution >= 0.6 is 0 Å². The molecule has 2 heteroatoms. The van der Waals surface area contributed by atoms with Gasteiger partial charge in [0, 0.05) is 17.5 Å². The lowest BCUT2D eigenvalue weighted by Crippen LogP contribution is -2.30. The Bertz CT molecular complexity index is 279. The van der Waals surface area contributed by atoms with Crippen molar-refractivity contribution < 1.29 is 4.79 Å². The second-order valence-corrected chi connectivity index (χ2v) is 3.38. The second-order valence-electron chi connectivity index (χ2n) is 3.38. The van der Waals surface area contributed by atoms with Gasteiger partial charge in [-0.25, -0.2) is 0 Å². The molecule has 0 aliphatic heterocycles. The van der Waals surface area contributed by atoms with E-state index in [1.807, 2.05) is 44.2 Å². The average Bonchev–Trinajstić information content (AvgIpc) is 2.17. The first-order chi connectivity index (χ1) is 6.13. The van der Waals surface area contributed by atoms with E-state index in [-0.39, 0.29) is 17.7 Å². The van der Waals surface area contributed by atoms with Gasteiger partial charge in [-0.3, -0.25) is 4.79 Å². The lowest BCUT2D eigenvalue weighted by atomic mass is 9.94. The van der Waals surface area contributed by atoms with Crippen LogP contribution in [-0.2, 0) is 0 Å². The number of carbonyl (C=O) groups excluding carboxylic acids is 1. The van der Waals surface area contributed by atoms with E-state index in [1.165, 1.54) is 0 Å². The summed E-state index contributed by atoms with van der Waals surface area (Å²) >= 11 is 0. The Morgan fingerprint density at radius 2 is 1.77 bits per heavy atom. The van der Waals surface area contributed by atoms with Gasteiger partial charge >= 0.3 is 0 Å². The van der Waals surface area contributed by atoms with Gasteiger partial charge in [0.15, 0.2) is 5.78 Å². The Kier molecular flexibility index (Phi) is 3.20. The lowest BCUT2D eigenvalue weighted by Gasteiger charge is -2.13. The molecule has 0 bridgehead atoms. The number of nitrogens with two attached hydrogens (primary N) is 1. The molecule has 0 saturated carbocycles. The molecule has 0 amide bonds. The number of hydrogen-bond donors (Lipinski definition) is 1. The molecule has 0 aliphatic rings. The molecule has 2 unspecified atom stereocenters. The van der Waals surface area contributed by atoms with Crippen molar-refractivity contribution in [2.75, 3.05) is 0 Å². The predicted octanol–water partition coefficient (Wildman–Crippen LogP) is 1.85. The molecule has 0 fully saturated rings. The maximum atomic E-state index is 11.7. The largest absolute Gasteiger partial charge is 0.327 e. The highest BCUT2D eigenvalue weighted by molar-refractivity contribution is 5.97. The van der Waals surface area contributed by atoms with Crippen LogP contribution in [0.4, 0.5) is 0 Å². The summed E-state index contributed by atoms with van der Waals surface area (Å²) in [5.41, 5.74) is 6.40. The maximum Gasteiger partial charge on any atom is 0.167 e. The highest BCUT2D eigenvalue weighted by Gasteiger charge is 2.17. The minimum Gasteiger partial charge on any atom is -0.327 e. The van der Waals surface area contributed by atoms with Crippen molar-refractivity contribution in [3.05, 3.63) is 35.9 Å². The molecule has 0 heterocycles. The van der Waals surface area contributed by atoms with Crippen LogP contribution in [0.15, 0.2) is 30.3 Å². The van der Waals surface area contributed by atoms with E-state index in [1.54, 1.807) is 0 Å². The highest BCUT2D eigenvalue weighted by Crippen LogP contribution is 2.10. The van der Waals surface area contributed by atoms with Crippen molar-refractivity contribution >= 4 is 5.78 Å². The number of rotatable bonds is 3. The minimum absolute atomic E-state index is 0.0901. The van der Waals surface area contributed by atoms with Crippen LogP contribution in [0.1, 0.15) is 24.2 Å². The third kappa shape index (κ3) is 2.39. The third-order valence-corrected chi connectivity index (χ3v) is 2.26. The van der Waals surface area contributed by atoms with Crippen molar-refractivity contribution in [3.63, 3.8) is 0 Å². The van der Waals surface area contributed by atoms with E-state index < -0.39 is 0 Å². The first-order valence-corrected chi connectivity index (χ1v) is 4.47. The molecule has 1 rings (SSSR count). The van der Waals surface area contributed by atoms with Crippen molar-refractivity contribution in [3.8, 4) is 0 Å². The zero-order valence-electron chi connectivity index (χ0n) is 8.03. The quantitative estimate of drug-likeness (QED) is 0.716. The molecule has 0 radical (unpaired) electrons. The van der Waals surface area contributed by atoms with E-state index in [4.69, 9.17) is 5.73 Å². The van der Waals surface area contributed by atoms with Crippen LogP contribution in [0.5, 0.6) is 0 Å². The summed E-state index contributed by atoms with van der Waals surface area (Å²) in [6.07, 6.45) is 0. The average molecular weight is 177 g/mol. The van der Waals surface area contributed by atoms with Gasteiger partial charge in [-0.2, -0.15) is 0 Å². The van der Waals surface area contributed by atoms with Crippen LogP contribution in [0.25, 0.3) is 0 Å². The molecule has 2 atom stereocenters. The van der Waals surface area contributed by atoms with Crippen LogP contribution in [0.2, 0.25) is 0 Å². The minimum atomic E-state index is -0.109. The van der Waals surface area contributed by atoms with Crippen LogP contribution < -0.4 is 5.73 Å². The fraction of sp³-hybridized carbons (Fsp3) is 0.364. The van der Waals surface area contributed by atoms with Crippen molar-refractivity contribution in [2.24, 2.45) is 11.7 Å². The first-order valence-electron chi connectivity index (χ1n) is 4.47. The SMILES string of the molecule is CC(N)C(C)C(=O)c1ccccc1. The molecule has 2 N–H and O–H groups in total. The zero-order chi connectivity index (χ0) is 9.84. The summed E-state index contributed by atoms with van der Waals surface area (Å²) in [4.78, 5) is 11.7. The van der Waals surface area contributed by atoms with E-state index in [9.17, 15) is 4.79 Å². The number of ketones is 1. The van der Waals surface area contributed by atoms with Gasteiger partial charge in [0.1, 0.15) is 0 Å². The number of hydrogen-bond acceptors (Lipinski definition) is 2. The summed E-state index contributed by atoms with van der Waals surface area (Å²) in [6, 6.07) is 9.17. The number of Topliss-reactive ketones (excluding diaryl/α,β-unsaturated/α-hetero) is 1. The van der Waals surface area contributed by atoms with Gasteiger partial charge < -0.3 is 5.73 Å². The van der Waals surface area contributed by atoms with E-state index in [0.29, 0.717) is 0 Å². The topological polar surface area (TPSA) is 43.1 Å². The molecule has 0 saturated heterocycles. The summed E-state index contributed by atoms with van der Waals surface area (Å²) in [7, 11) is 0. The fourth-order valence-electron chi connectivity index (χ4n) is 1.10. The van der Waals surface area contributed by atoms with Crippen molar-refractivity contribution in [1.82, 2.24) is 0 Å². The fourth-order valence-corrected chi connectivity index (χ4v) is 1.10. The molecule has 13 heavy (non-hydrogen) atoms. The van der Waals surface area contributed by atoms with Crippen LogP contribution in [0.3, 0.4) is 0 Å². The standard InChI is InChI=1S/C11H15NO/c1-8(9(2)12)11(13)10-6-4-3-5-7-10/h3-9H,12H2,1-2H3. The molecule has 0 aliphatic carbocycles. The Balaban J connectivity index is 2.80. The molecule has 1 aromatic carbocycles. The molecular weight excluding hydrogens is 162 g/mol. The predicted molar refractivity (Wildman–Crippen MR) is 53.6 cm³/mol.